The average Bonchev–Trinajstić information content (AvgIpc) is 3.46. The highest BCUT2D eigenvalue weighted by atomic mass is 32.1. The zero-order valence-electron chi connectivity index (χ0n) is 16.1. The van der Waals surface area contributed by atoms with Crippen LogP contribution in [-0.2, 0) is 6.54 Å². The molecule has 0 aliphatic carbocycles. The van der Waals surface area contributed by atoms with Crippen molar-refractivity contribution < 1.29 is 14.0 Å². The average molecular weight is 418 g/mol. The van der Waals surface area contributed by atoms with Crippen LogP contribution in [0.3, 0.4) is 0 Å². The molecule has 0 aliphatic rings. The summed E-state index contributed by atoms with van der Waals surface area (Å²) < 4.78 is 5.11. The molecule has 0 saturated heterocycles. The number of rotatable bonds is 6. The van der Waals surface area contributed by atoms with Gasteiger partial charge in [-0.1, -0.05) is 6.07 Å². The highest BCUT2D eigenvalue weighted by molar-refractivity contribution is 7.09. The topological polar surface area (TPSA) is 97.1 Å². The number of carbonyl (C=O) groups is 2. The van der Waals surface area contributed by atoms with Crippen molar-refractivity contribution in [1.82, 2.24) is 15.3 Å². The van der Waals surface area contributed by atoms with Crippen LogP contribution in [0.4, 0.5) is 5.69 Å². The number of amides is 2. The molecule has 0 spiro atoms. The number of pyridine rings is 1. The number of carbonyl (C=O) groups excluding carboxylic acids is 2. The number of nitrogens with zero attached hydrogens (tertiary/aromatic N) is 2. The molecule has 0 saturated carbocycles. The van der Waals surface area contributed by atoms with Gasteiger partial charge in [-0.05, 0) is 48.9 Å². The molecule has 2 amide bonds. The quantitative estimate of drug-likeness (QED) is 0.487. The Morgan fingerprint density at radius 1 is 1.10 bits per heavy atom. The molecular weight excluding hydrogens is 400 g/mol. The normalized spacial score (nSPS) is 10.6. The summed E-state index contributed by atoms with van der Waals surface area (Å²) in [4.78, 5) is 33.4. The van der Waals surface area contributed by atoms with Crippen LogP contribution in [0.1, 0.15) is 31.5 Å². The predicted molar refractivity (Wildman–Crippen MR) is 114 cm³/mol. The van der Waals surface area contributed by atoms with Gasteiger partial charge >= 0.3 is 0 Å². The van der Waals surface area contributed by atoms with E-state index in [1.165, 1.54) is 17.6 Å². The number of aryl methyl sites for hydroxylation is 1. The molecule has 2 N–H and O–H groups in total. The van der Waals surface area contributed by atoms with E-state index in [0.717, 1.165) is 21.8 Å². The monoisotopic (exact) mass is 418 g/mol. The number of thiazole rings is 1. The molecular formula is C22H18N4O3S. The maximum absolute atomic E-state index is 12.6. The van der Waals surface area contributed by atoms with Crippen molar-refractivity contribution in [2.24, 2.45) is 0 Å². The van der Waals surface area contributed by atoms with Gasteiger partial charge in [0.25, 0.3) is 11.8 Å². The van der Waals surface area contributed by atoms with Crippen LogP contribution in [0.25, 0.3) is 11.3 Å². The van der Waals surface area contributed by atoms with Gasteiger partial charge in [0.05, 0.1) is 18.5 Å². The third-order valence-corrected chi connectivity index (χ3v) is 5.27. The molecule has 4 aromatic rings. The molecule has 150 valence electrons. The summed E-state index contributed by atoms with van der Waals surface area (Å²) in [6.07, 6.45) is 4.87. The highest BCUT2D eigenvalue weighted by Gasteiger charge is 2.13. The summed E-state index contributed by atoms with van der Waals surface area (Å²) in [5.41, 5.74) is 3.67. The van der Waals surface area contributed by atoms with E-state index in [-0.39, 0.29) is 17.6 Å². The molecule has 30 heavy (non-hydrogen) atoms. The molecule has 4 rings (SSSR count). The van der Waals surface area contributed by atoms with Crippen molar-refractivity contribution in [2.45, 2.75) is 13.5 Å². The fraction of sp³-hybridized carbons (Fsp3) is 0.0909. The number of hydrogen-bond donors (Lipinski definition) is 2. The molecule has 3 aromatic heterocycles. The fourth-order valence-electron chi connectivity index (χ4n) is 2.79. The fourth-order valence-corrected chi connectivity index (χ4v) is 3.54. The zero-order chi connectivity index (χ0) is 20.9. The second-order valence-electron chi connectivity index (χ2n) is 6.51. The minimum atomic E-state index is -0.368. The van der Waals surface area contributed by atoms with E-state index < -0.39 is 0 Å². The Hall–Kier alpha value is -3.78. The van der Waals surface area contributed by atoms with Crippen molar-refractivity contribution in [1.29, 1.82) is 0 Å². The van der Waals surface area contributed by atoms with Gasteiger partial charge in [-0.25, -0.2) is 4.98 Å². The smallest absolute Gasteiger partial charge is 0.291 e. The summed E-state index contributed by atoms with van der Waals surface area (Å²) in [5, 5.41) is 8.40. The summed E-state index contributed by atoms with van der Waals surface area (Å²) in [6, 6.07) is 12.2. The van der Waals surface area contributed by atoms with Crippen molar-refractivity contribution in [2.75, 3.05) is 5.32 Å². The first-order valence-corrected chi connectivity index (χ1v) is 10.1. The van der Waals surface area contributed by atoms with Crippen molar-refractivity contribution in [3.63, 3.8) is 0 Å². The Bertz CT molecular complexity index is 1170. The number of furan rings is 1. The van der Waals surface area contributed by atoms with E-state index in [9.17, 15) is 9.59 Å². The van der Waals surface area contributed by atoms with E-state index in [1.807, 2.05) is 24.4 Å². The lowest BCUT2D eigenvalue weighted by Gasteiger charge is -2.10. The minimum absolute atomic E-state index is 0.207. The van der Waals surface area contributed by atoms with Gasteiger partial charge in [-0.2, -0.15) is 0 Å². The first-order chi connectivity index (χ1) is 14.6. The van der Waals surface area contributed by atoms with Gasteiger partial charge in [-0.3, -0.25) is 14.6 Å². The van der Waals surface area contributed by atoms with Crippen molar-refractivity contribution in [3.05, 3.63) is 88.4 Å². The molecule has 0 aliphatic heterocycles. The molecule has 0 radical (unpaired) electrons. The van der Waals surface area contributed by atoms with E-state index >= 15 is 0 Å². The molecule has 1 aromatic carbocycles. The SMILES string of the molecule is Cc1ccc(C(=O)NCc2nc(-c3ccncc3)cs2)cc1NC(=O)c1ccco1. The Kier molecular flexibility index (Phi) is 5.67. The van der Waals surface area contributed by atoms with Gasteiger partial charge < -0.3 is 15.1 Å². The lowest BCUT2D eigenvalue weighted by Crippen LogP contribution is -2.23. The van der Waals surface area contributed by atoms with Crippen LogP contribution in [-0.4, -0.2) is 21.8 Å². The van der Waals surface area contributed by atoms with Gasteiger partial charge in [0.1, 0.15) is 5.01 Å². The van der Waals surface area contributed by atoms with Crippen LogP contribution >= 0.6 is 11.3 Å². The highest BCUT2D eigenvalue weighted by Crippen LogP contribution is 2.21. The van der Waals surface area contributed by atoms with Crippen LogP contribution in [0.5, 0.6) is 0 Å². The summed E-state index contributed by atoms with van der Waals surface area (Å²) >= 11 is 1.48. The second kappa shape index (κ2) is 8.71. The van der Waals surface area contributed by atoms with Gasteiger partial charge in [0.2, 0.25) is 0 Å². The van der Waals surface area contributed by atoms with Crippen LogP contribution in [0.15, 0.2) is 70.9 Å². The number of nitrogens with one attached hydrogen (secondary N) is 2. The molecule has 0 bridgehead atoms. The van der Waals surface area contributed by atoms with E-state index in [4.69, 9.17) is 4.42 Å². The van der Waals surface area contributed by atoms with Crippen molar-refractivity contribution in [3.8, 4) is 11.3 Å². The Morgan fingerprint density at radius 2 is 1.93 bits per heavy atom. The lowest BCUT2D eigenvalue weighted by atomic mass is 10.1. The summed E-state index contributed by atoms with van der Waals surface area (Å²) in [5.74, 6) is -0.408. The number of benzene rings is 1. The van der Waals surface area contributed by atoms with E-state index in [2.05, 4.69) is 20.6 Å². The lowest BCUT2D eigenvalue weighted by molar-refractivity contribution is 0.0949. The van der Waals surface area contributed by atoms with E-state index in [1.54, 1.807) is 42.7 Å². The van der Waals surface area contributed by atoms with E-state index in [0.29, 0.717) is 17.8 Å². The van der Waals surface area contributed by atoms with Gasteiger partial charge in [0, 0.05) is 34.6 Å². The second-order valence-corrected chi connectivity index (χ2v) is 7.45. The third kappa shape index (κ3) is 4.44. The molecule has 3 heterocycles. The predicted octanol–water partition coefficient (Wildman–Crippen LogP) is 4.29. The summed E-state index contributed by atoms with van der Waals surface area (Å²) in [7, 11) is 0. The number of anilines is 1. The number of aromatic nitrogens is 2. The first-order valence-electron chi connectivity index (χ1n) is 9.18. The minimum Gasteiger partial charge on any atom is -0.459 e. The van der Waals surface area contributed by atoms with Crippen molar-refractivity contribution >= 4 is 28.8 Å². The molecule has 0 fully saturated rings. The van der Waals surface area contributed by atoms with Crippen LogP contribution in [0.2, 0.25) is 0 Å². The number of hydrogen-bond acceptors (Lipinski definition) is 6. The molecule has 0 unspecified atom stereocenters. The summed E-state index contributed by atoms with van der Waals surface area (Å²) in [6.45, 7) is 2.17. The maximum atomic E-state index is 12.6. The largest absolute Gasteiger partial charge is 0.459 e. The Labute approximate surface area is 176 Å². The zero-order valence-corrected chi connectivity index (χ0v) is 16.9. The van der Waals surface area contributed by atoms with Gasteiger partial charge in [0.15, 0.2) is 5.76 Å². The Balaban J connectivity index is 1.41. The first kappa shape index (κ1) is 19.5. The maximum Gasteiger partial charge on any atom is 0.291 e. The van der Waals surface area contributed by atoms with Gasteiger partial charge in [-0.15, -0.1) is 11.3 Å². The Morgan fingerprint density at radius 3 is 2.70 bits per heavy atom. The molecule has 0 atom stereocenters. The molecule has 7 nitrogen and oxygen atoms in total. The van der Waals surface area contributed by atoms with Crippen LogP contribution in [0, 0.1) is 6.92 Å². The van der Waals surface area contributed by atoms with Crippen LogP contribution < -0.4 is 10.6 Å². The third-order valence-electron chi connectivity index (χ3n) is 4.42. The molecule has 8 heteroatoms. The standard InChI is InChI=1S/C22H18N4O3S/c1-14-4-5-16(11-17(14)26-22(28)19-3-2-10-29-19)21(27)24-12-20-25-18(13-30-20)15-6-8-23-9-7-15/h2-11,13H,12H2,1H3,(H,24,27)(H,26,28).